The first-order valence-electron chi connectivity index (χ1n) is 14.5. The van der Waals surface area contributed by atoms with Crippen LogP contribution in [0.4, 0.5) is 9.59 Å². The molecule has 45 heavy (non-hydrogen) atoms. The average molecular weight is 652 g/mol. The Labute approximate surface area is 263 Å². The van der Waals surface area contributed by atoms with E-state index in [9.17, 15) is 18.9 Å². The molecule has 0 saturated heterocycles. The smallest absolute Gasteiger partial charge is 0.465 e. The van der Waals surface area contributed by atoms with Crippen molar-refractivity contribution in [3.63, 3.8) is 0 Å². The molecule has 14 nitrogen and oxygen atoms in total. The van der Waals surface area contributed by atoms with Crippen LogP contribution in [0, 0.1) is 0 Å². The number of hydrogen-bond donors (Lipinski definition) is 1. The zero-order valence-corrected chi connectivity index (χ0v) is 26.6. The van der Waals surface area contributed by atoms with E-state index in [0.717, 1.165) is 11.1 Å². The highest BCUT2D eigenvalue weighted by Crippen LogP contribution is 2.50. The molecule has 0 amide bonds. The van der Waals surface area contributed by atoms with Crippen molar-refractivity contribution in [2.24, 2.45) is 10.5 Å². The first-order chi connectivity index (χ1) is 21.7. The van der Waals surface area contributed by atoms with Crippen LogP contribution >= 0.6 is 7.75 Å². The summed E-state index contributed by atoms with van der Waals surface area (Å²) in [7, 11) is -2.74. The standard InChI is InChI=1S/C30H42N3O11P/c1-3-38-27(34)24-33(2)28(31)32-45(37,43-20-10-18-39-29(35)41-22-16-25-12-6-4-7-13-25)44-21-11-19-40-30(36)42-23-17-26-14-8-5-9-15-26/h4-9,12-15H,3,10-11,16-24H2,1-2H3,(H2,31,32,37). The van der Waals surface area contributed by atoms with Crippen LogP contribution in [0.2, 0.25) is 0 Å². The molecule has 0 atom stereocenters. The molecule has 0 radical (unpaired) electrons. The predicted molar refractivity (Wildman–Crippen MR) is 165 cm³/mol. The van der Waals surface area contributed by atoms with E-state index in [1.807, 2.05) is 60.7 Å². The molecule has 0 aliphatic carbocycles. The lowest BCUT2D eigenvalue weighted by atomic mass is 10.2. The quantitative estimate of drug-likeness (QED) is 0.0529. The third kappa shape index (κ3) is 17.1. The molecule has 15 heteroatoms. The van der Waals surface area contributed by atoms with Gasteiger partial charge in [-0.15, -0.1) is 4.76 Å². The van der Waals surface area contributed by atoms with Gasteiger partial charge in [-0.1, -0.05) is 60.7 Å². The maximum absolute atomic E-state index is 13.4. The third-order valence-corrected chi connectivity index (χ3v) is 7.19. The van der Waals surface area contributed by atoms with Crippen molar-refractivity contribution in [1.82, 2.24) is 4.90 Å². The molecule has 0 saturated carbocycles. The maximum Gasteiger partial charge on any atom is 0.508 e. The second-order valence-electron chi connectivity index (χ2n) is 9.33. The zero-order chi connectivity index (χ0) is 32.8. The molecule has 2 aromatic carbocycles. The zero-order valence-electron chi connectivity index (χ0n) is 25.7. The van der Waals surface area contributed by atoms with E-state index in [4.69, 9.17) is 38.5 Å². The molecule has 2 rings (SSSR count). The highest BCUT2D eigenvalue weighted by Gasteiger charge is 2.26. The van der Waals surface area contributed by atoms with Crippen LogP contribution in [0.15, 0.2) is 65.4 Å². The molecule has 248 valence electrons. The largest absolute Gasteiger partial charge is 0.508 e. The molecule has 0 fully saturated rings. The Bertz CT molecular complexity index is 1160. The summed E-state index contributed by atoms with van der Waals surface area (Å²) >= 11 is 0. The van der Waals surface area contributed by atoms with E-state index in [1.165, 1.54) is 11.9 Å². The number of nitrogens with two attached hydrogens (primary N) is 1. The Morgan fingerprint density at radius 3 is 1.60 bits per heavy atom. The number of likely N-dealkylation sites (N-methyl/N-ethyl adjacent to an activating group) is 1. The molecule has 0 aliphatic heterocycles. The highest BCUT2D eigenvalue weighted by atomic mass is 31.2. The number of ether oxygens (including phenoxy) is 5. The van der Waals surface area contributed by atoms with Crippen molar-refractivity contribution in [2.45, 2.75) is 32.6 Å². The fraction of sp³-hybridized carbons (Fsp3) is 0.467. The van der Waals surface area contributed by atoms with Gasteiger partial charge in [-0.25, -0.2) is 14.2 Å². The van der Waals surface area contributed by atoms with Gasteiger partial charge in [0.1, 0.15) is 6.54 Å². The lowest BCUT2D eigenvalue weighted by Gasteiger charge is -2.20. The number of rotatable bonds is 20. The van der Waals surface area contributed by atoms with Crippen molar-refractivity contribution in [1.29, 1.82) is 0 Å². The van der Waals surface area contributed by atoms with Gasteiger partial charge >= 0.3 is 26.0 Å². The first kappa shape index (κ1) is 37.1. The molecular weight excluding hydrogens is 609 g/mol. The van der Waals surface area contributed by atoms with Crippen LogP contribution in [-0.2, 0) is 54.9 Å². The Kier molecular flexibility index (Phi) is 17.7. The van der Waals surface area contributed by atoms with E-state index in [-0.39, 0.29) is 71.6 Å². The minimum atomic E-state index is -4.19. The van der Waals surface area contributed by atoms with Gasteiger partial charge in [0.15, 0.2) is 0 Å². The highest BCUT2D eigenvalue weighted by molar-refractivity contribution is 7.52. The van der Waals surface area contributed by atoms with Gasteiger partial charge in [0.2, 0.25) is 5.96 Å². The summed E-state index contributed by atoms with van der Waals surface area (Å²) in [6.07, 6.45) is -0.298. The van der Waals surface area contributed by atoms with Crippen molar-refractivity contribution >= 4 is 32.0 Å². The normalized spacial score (nSPS) is 11.4. The van der Waals surface area contributed by atoms with Gasteiger partial charge < -0.3 is 34.3 Å². The summed E-state index contributed by atoms with van der Waals surface area (Å²) in [5.74, 6) is -0.849. The van der Waals surface area contributed by atoms with Crippen LogP contribution in [-0.4, -0.2) is 89.0 Å². The van der Waals surface area contributed by atoms with Crippen LogP contribution in [0.1, 0.15) is 30.9 Å². The summed E-state index contributed by atoms with van der Waals surface area (Å²) in [5, 5.41) is 0. The van der Waals surface area contributed by atoms with Crippen molar-refractivity contribution in [2.75, 3.05) is 59.8 Å². The van der Waals surface area contributed by atoms with Crippen molar-refractivity contribution in [3.05, 3.63) is 71.8 Å². The fourth-order valence-corrected chi connectivity index (χ4v) is 4.76. The number of guanidine groups is 1. The van der Waals surface area contributed by atoms with E-state index in [2.05, 4.69) is 4.76 Å². The Hall–Kier alpha value is -4.13. The van der Waals surface area contributed by atoms with Gasteiger partial charge in [0.25, 0.3) is 0 Å². The number of hydrogen-bond acceptors (Lipinski definition) is 11. The molecule has 0 aliphatic rings. The monoisotopic (exact) mass is 651 g/mol. The van der Waals surface area contributed by atoms with E-state index < -0.39 is 26.0 Å². The Morgan fingerprint density at radius 2 is 1.16 bits per heavy atom. The SMILES string of the molecule is CCOC(=O)CN(C)C(N)=NP(=O)(OCCCOC(=O)OCCc1ccccc1)OCCCOC(=O)OCCc1ccccc1. The summed E-state index contributed by atoms with van der Waals surface area (Å²) in [4.78, 5) is 36.7. The van der Waals surface area contributed by atoms with Gasteiger partial charge in [-0.3, -0.25) is 13.8 Å². The minimum absolute atomic E-state index is 0.0770. The summed E-state index contributed by atoms with van der Waals surface area (Å²) < 4.78 is 53.1. The molecule has 0 spiro atoms. The first-order valence-corrected chi connectivity index (χ1v) is 16.0. The summed E-state index contributed by atoms with van der Waals surface area (Å²) in [5.41, 5.74) is 7.97. The van der Waals surface area contributed by atoms with Crippen LogP contribution < -0.4 is 5.73 Å². The number of benzene rings is 2. The molecule has 0 bridgehead atoms. The van der Waals surface area contributed by atoms with E-state index in [1.54, 1.807) is 6.92 Å². The topological polar surface area (TPSA) is 175 Å². The second kappa shape index (κ2) is 21.6. The van der Waals surface area contributed by atoms with Gasteiger partial charge in [0, 0.05) is 32.7 Å². The second-order valence-corrected chi connectivity index (χ2v) is 11.0. The van der Waals surface area contributed by atoms with Crippen LogP contribution in [0.5, 0.6) is 0 Å². The molecule has 2 N–H and O–H groups in total. The predicted octanol–water partition coefficient (Wildman–Crippen LogP) is 4.51. The summed E-state index contributed by atoms with van der Waals surface area (Å²) in [6, 6.07) is 19.1. The molecule has 0 unspecified atom stereocenters. The molecule has 0 heterocycles. The molecule has 2 aromatic rings. The number of nitrogens with zero attached hydrogens (tertiary/aromatic N) is 2. The Morgan fingerprint density at radius 1 is 0.711 bits per heavy atom. The Balaban J connectivity index is 1.77. The summed E-state index contributed by atoms with van der Waals surface area (Å²) in [6.45, 7) is 1.42. The third-order valence-electron chi connectivity index (χ3n) is 5.72. The molecule has 0 aromatic heterocycles. The van der Waals surface area contributed by atoms with E-state index in [0.29, 0.717) is 12.8 Å². The van der Waals surface area contributed by atoms with Crippen molar-refractivity contribution in [3.8, 4) is 0 Å². The van der Waals surface area contributed by atoms with Crippen LogP contribution in [0.3, 0.4) is 0 Å². The van der Waals surface area contributed by atoms with Gasteiger partial charge in [0.05, 0.1) is 46.2 Å². The van der Waals surface area contributed by atoms with Gasteiger partial charge in [-0.05, 0) is 18.1 Å². The minimum Gasteiger partial charge on any atom is -0.465 e. The van der Waals surface area contributed by atoms with Crippen LogP contribution in [0.25, 0.3) is 0 Å². The number of carbonyl (C=O) groups is 3. The fourth-order valence-electron chi connectivity index (χ4n) is 3.44. The number of carbonyl (C=O) groups excluding carboxylic acids is 3. The number of esters is 1. The van der Waals surface area contributed by atoms with Crippen molar-refractivity contribution < 1.29 is 51.7 Å². The average Bonchev–Trinajstić information content (AvgIpc) is 3.02. The lowest BCUT2D eigenvalue weighted by Crippen LogP contribution is -2.38. The molecular formula is C30H42N3O11P. The van der Waals surface area contributed by atoms with E-state index >= 15 is 0 Å². The lowest BCUT2D eigenvalue weighted by molar-refractivity contribution is -0.143. The maximum atomic E-state index is 13.4. The van der Waals surface area contributed by atoms with Gasteiger partial charge in [-0.2, -0.15) is 0 Å².